The molecule has 0 aliphatic carbocycles. The maximum atomic E-state index is 5.37. The molecule has 0 N–H and O–H groups in total. The van der Waals surface area contributed by atoms with Gasteiger partial charge in [-0.05, 0) is 11.2 Å². The molecule has 0 nitrogen and oxygen atoms in total. The summed E-state index contributed by atoms with van der Waals surface area (Å²) >= 11 is 26.7. The summed E-state index contributed by atoms with van der Waals surface area (Å²) in [5, 5.41) is 1.79. The molecule has 118 valence electrons. The molecule has 0 fully saturated rings. The van der Waals surface area contributed by atoms with E-state index in [4.69, 9.17) is 46.4 Å². The molecule has 0 saturated carbocycles. The average molecular weight is 406 g/mol. The Morgan fingerprint density at radius 3 is 1.42 bits per heavy atom. The van der Waals surface area contributed by atoms with Gasteiger partial charge in [0, 0.05) is 46.5 Å². The first-order chi connectivity index (χ1) is 9.24. The second-order valence-corrected chi connectivity index (χ2v) is 7.81. The first kappa shape index (κ1) is 25.9. The van der Waals surface area contributed by atoms with E-state index >= 15 is 0 Å². The van der Waals surface area contributed by atoms with Crippen molar-refractivity contribution in [1.82, 2.24) is 0 Å². The summed E-state index contributed by atoms with van der Waals surface area (Å²) in [5.41, 5.74) is 0. The van der Waals surface area contributed by atoms with E-state index in [9.17, 15) is 0 Å². The average Bonchev–Trinajstić information content (AvgIpc) is 2.45. The van der Waals surface area contributed by atoms with Gasteiger partial charge in [0.15, 0.2) is 0 Å². The zero-order chi connectivity index (χ0) is 15.2. The predicted molar refractivity (Wildman–Crippen MR) is 106 cm³/mol. The SMILES string of the molecule is C=CSCCCl.CCSCCCl.ClCCSCCCl. The molecule has 0 amide bonds. The van der Waals surface area contributed by atoms with Crippen LogP contribution in [0.3, 0.4) is 0 Å². The lowest BCUT2D eigenvalue weighted by Gasteiger charge is -1.89. The van der Waals surface area contributed by atoms with Gasteiger partial charge in [-0.25, -0.2) is 0 Å². The second-order valence-electron chi connectivity index (χ2n) is 2.60. The Kier molecular flexibility index (Phi) is 43.7. The quantitative estimate of drug-likeness (QED) is 0.310. The van der Waals surface area contributed by atoms with E-state index in [0.717, 1.165) is 46.5 Å². The van der Waals surface area contributed by atoms with Gasteiger partial charge < -0.3 is 0 Å². The van der Waals surface area contributed by atoms with Gasteiger partial charge in [0.25, 0.3) is 0 Å². The molecule has 0 bridgehead atoms. The Balaban J connectivity index is -0.000000203. The first-order valence-corrected chi connectivity index (χ1v) is 11.4. The van der Waals surface area contributed by atoms with E-state index in [-0.39, 0.29) is 0 Å². The number of alkyl halides is 4. The molecule has 0 rings (SSSR count). The van der Waals surface area contributed by atoms with E-state index in [1.54, 1.807) is 28.9 Å². The highest BCUT2D eigenvalue weighted by molar-refractivity contribution is 8.02. The normalized spacial score (nSPS) is 8.89. The zero-order valence-corrected chi connectivity index (χ0v) is 16.9. The maximum Gasteiger partial charge on any atom is 0.0317 e. The van der Waals surface area contributed by atoms with Gasteiger partial charge in [-0.1, -0.05) is 13.5 Å². The Labute approximate surface area is 152 Å². The molecule has 0 heterocycles. The molecule has 0 atom stereocenters. The highest BCUT2D eigenvalue weighted by atomic mass is 35.5. The minimum Gasteiger partial charge on any atom is -0.161 e. The molecule has 0 unspecified atom stereocenters. The minimum absolute atomic E-state index is 0.719. The van der Waals surface area contributed by atoms with Crippen LogP contribution in [0.4, 0.5) is 0 Å². The largest absolute Gasteiger partial charge is 0.161 e. The molecule has 0 aromatic rings. The molecular weight excluding hydrogens is 382 g/mol. The van der Waals surface area contributed by atoms with Gasteiger partial charge >= 0.3 is 0 Å². The van der Waals surface area contributed by atoms with Crippen molar-refractivity contribution in [2.24, 2.45) is 0 Å². The summed E-state index contributed by atoms with van der Waals surface area (Å²) in [6.45, 7) is 5.64. The lowest BCUT2D eigenvalue weighted by molar-refractivity contribution is 1.47. The molecule has 0 spiro atoms. The van der Waals surface area contributed by atoms with Crippen LogP contribution in [-0.2, 0) is 0 Å². The van der Waals surface area contributed by atoms with Crippen LogP contribution in [0.2, 0.25) is 0 Å². The van der Waals surface area contributed by atoms with E-state index in [1.165, 1.54) is 5.75 Å². The first-order valence-electron chi connectivity index (χ1n) is 5.86. The number of rotatable bonds is 10. The van der Waals surface area contributed by atoms with Crippen molar-refractivity contribution in [3.05, 3.63) is 12.0 Å². The van der Waals surface area contributed by atoms with Gasteiger partial charge in [0.1, 0.15) is 0 Å². The Hall–Kier alpha value is 1.95. The van der Waals surface area contributed by atoms with Crippen LogP contribution in [0.5, 0.6) is 0 Å². The van der Waals surface area contributed by atoms with E-state index < -0.39 is 0 Å². The number of thioether (sulfide) groups is 3. The van der Waals surface area contributed by atoms with Crippen molar-refractivity contribution >= 4 is 81.7 Å². The molecule has 7 heteroatoms. The minimum atomic E-state index is 0.719. The van der Waals surface area contributed by atoms with E-state index in [1.807, 2.05) is 11.8 Å². The molecule has 19 heavy (non-hydrogen) atoms. The van der Waals surface area contributed by atoms with Gasteiger partial charge in [-0.3, -0.25) is 0 Å². The molecular formula is C12H24Cl4S3. The number of hydrogen-bond donors (Lipinski definition) is 0. The van der Waals surface area contributed by atoms with Crippen molar-refractivity contribution in [3.63, 3.8) is 0 Å². The summed E-state index contributed by atoms with van der Waals surface area (Å²) < 4.78 is 0. The molecule has 0 aliphatic rings. The smallest absolute Gasteiger partial charge is 0.0317 e. The Morgan fingerprint density at radius 2 is 1.21 bits per heavy atom. The molecule has 0 aromatic carbocycles. The Morgan fingerprint density at radius 1 is 0.789 bits per heavy atom. The Bertz CT molecular complexity index is 132. The third-order valence-electron chi connectivity index (χ3n) is 1.18. The fourth-order valence-electron chi connectivity index (χ4n) is 0.538. The highest BCUT2D eigenvalue weighted by Gasteiger charge is 1.82. The van der Waals surface area contributed by atoms with Crippen LogP contribution in [0.1, 0.15) is 6.92 Å². The van der Waals surface area contributed by atoms with Crippen molar-refractivity contribution in [2.45, 2.75) is 6.92 Å². The van der Waals surface area contributed by atoms with Crippen molar-refractivity contribution < 1.29 is 0 Å². The van der Waals surface area contributed by atoms with Crippen LogP contribution in [-0.4, -0.2) is 52.3 Å². The summed E-state index contributed by atoms with van der Waals surface area (Å²) in [5.74, 6) is 8.29. The van der Waals surface area contributed by atoms with E-state index in [0.29, 0.717) is 0 Å². The van der Waals surface area contributed by atoms with Gasteiger partial charge in [0.2, 0.25) is 0 Å². The predicted octanol–water partition coefficient (Wildman–Crippen LogP) is 6.28. The third-order valence-corrected chi connectivity index (χ3v) is 5.40. The lowest BCUT2D eigenvalue weighted by Crippen LogP contribution is -1.83. The third kappa shape index (κ3) is 45.0. The molecule has 0 aromatic heterocycles. The van der Waals surface area contributed by atoms with Crippen LogP contribution in [0.15, 0.2) is 12.0 Å². The summed E-state index contributed by atoms with van der Waals surface area (Å²) in [6, 6.07) is 0. The van der Waals surface area contributed by atoms with Crippen molar-refractivity contribution in [3.8, 4) is 0 Å². The van der Waals surface area contributed by atoms with E-state index in [2.05, 4.69) is 13.5 Å². The number of hydrogen-bond acceptors (Lipinski definition) is 3. The standard InChI is InChI=1S/C4H8Cl2S.C4H9ClS.C4H7ClS/c5-1-3-7-4-2-6;2*1-2-6-4-3-5/h1-4H2;2-4H2,1H3;2H,1,3-4H2. The zero-order valence-electron chi connectivity index (χ0n) is 11.4. The molecule has 0 aliphatic heterocycles. The van der Waals surface area contributed by atoms with Crippen LogP contribution in [0.25, 0.3) is 0 Å². The van der Waals surface area contributed by atoms with Crippen LogP contribution >= 0.6 is 81.7 Å². The highest BCUT2D eigenvalue weighted by Crippen LogP contribution is 2.00. The van der Waals surface area contributed by atoms with Crippen LogP contribution in [0, 0.1) is 0 Å². The van der Waals surface area contributed by atoms with Crippen molar-refractivity contribution in [1.29, 1.82) is 0 Å². The van der Waals surface area contributed by atoms with Crippen LogP contribution < -0.4 is 0 Å². The summed E-state index contributed by atoms with van der Waals surface area (Å²) in [4.78, 5) is 0. The fraction of sp³-hybridized carbons (Fsp3) is 0.833. The number of halogens is 4. The topological polar surface area (TPSA) is 0 Å². The molecule has 0 radical (unpaired) electrons. The van der Waals surface area contributed by atoms with Crippen molar-refractivity contribution in [2.75, 3.05) is 52.3 Å². The summed E-state index contributed by atoms with van der Waals surface area (Å²) in [6.07, 6.45) is 0. The van der Waals surface area contributed by atoms with Gasteiger partial charge in [-0.2, -0.15) is 23.5 Å². The fourth-order valence-corrected chi connectivity index (χ4v) is 2.86. The molecule has 0 saturated heterocycles. The summed E-state index contributed by atoms with van der Waals surface area (Å²) in [7, 11) is 0. The lowest BCUT2D eigenvalue weighted by atomic mass is 10.9. The monoisotopic (exact) mass is 404 g/mol. The van der Waals surface area contributed by atoms with Gasteiger partial charge in [0.05, 0.1) is 0 Å². The maximum absolute atomic E-state index is 5.37. The second kappa shape index (κ2) is 32.1. The van der Waals surface area contributed by atoms with Gasteiger partial charge in [-0.15, -0.1) is 58.2 Å².